The zero-order chi connectivity index (χ0) is 20.0. The van der Waals surface area contributed by atoms with Gasteiger partial charge in [-0.1, -0.05) is 22.9 Å². The Morgan fingerprint density at radius 2 is 1.83 bits per heavy atom. The number of aromatic nitrogens is 1. The van der Waals surface area contributed by atoms with Crippen LogP contribution in [0.1, 0.15) is 51.4 Å². The average Bonchev–Trinajstić information content (AvgIpc) is 3.05. The number of nitrogens with zero attached hydrogens (tertiary/aromatic N) is 1. The second kappa shape index (κ2) is 7.55. The molecule has 0 spiro atoms. The Labute approximate surface area is 179 Å². The summed E-state index contributed by atoms with van der Waals surface area (Å²) in [4.78, 5) is 29.6. The molecule has 0 aliphatic heterocycles. The molecule has 7 heteroatoms. The van der Waals surface area contributed by atoms with Crippen LogP contribution in [0.4, 0.5) is 5.13 Å². The van der Waals surface area contributed by atoms with Crippen molar-refractivity contribution in [2.75, 3.05) is 11.9 Å². The minimum Gasteiger partial charge on any atom is -0.356 e. The first-order valence-corrected chi connectivity index (χ1v) is 11.8. The van der Waals surface area contributed by atoms with E-state index in [2.05, 4.69) is 15.6 Å². The lowest BCUT2D eigenvalue weighted by atomic mass is 9.49. The maximum Gasteiger partial charge on any atom is 0.226 e. The van der Waals surface area contributed by atoms with Gasteiger partial charge in [0.15, 0.2) is 5.13 Å². The molecule has 4 aliphatic carbocycles. The first-order valence-electron chi connectivity index (χ1n) is 10.6. The fourth-order valence-electron chi connectivity index (χ4n) is 6.16. The fourth-order valence-corrected chi connectivity index (χ4v) is 7.32. The topological polar surface area (TPSA) is 71.1 Å². The van der Waals surface area contributed by atoms with Crippen molar-refractivity contribution in [2.45, 2.75) is 51.4 Å². The standard InChI is InChI=1S/C22H26ClN3O2S/c23-16-3-4-17-18(9-16)29-21(25-17)26-19(27)2-1-5-24-20(28)22-10-13-6-14(11-22)8-15(7-13)12-22/h3-4,9,13-15H,1-2,5-8,10-12H2,(H,24,28)(H,25,26,27). The zero-order valence-electron chi connectivity index (χ0n) is 16.4. The van der Waals surface area contributed by atoms with Crippen molar-refractivity contribution in [2.24, 2.45) is 23.2 Å². The number of hydrogen-bond donors (Lipinski definition) is 2. The number of fused-ring (bicyclic) bond motifs is 1. The van der Waals surface area contributed by atoms with Gasteiger partial charge in [-0.2, -0.15) is 0 Å². The van der Waals surface area contributed by atoms with Gasteiger partial charge in [0.05, 0.1) is 10.2 Å². The van der Waals surface area contributed by atoms with Crippen LogP contribution in [0.5, 0.6) is 0 Å². The lowest BCUT2D eigenvalue weighted by Gasteiger charge is -2.55. The summed E-state index contributed by atoms with van der Waals surface area (Å²) >= 11 is 7.42. The van der Waals surface area contributed by atoms with E-state index >= 15 is 0 Å². The number of carbonyl (C=O) groups is 2. The van der Waals surface area contributed by atoms with E-state index in [1.54, 1.807) is 6.07 Å². The largest absolute Gasteiger partial charge is 0.356 e. The highest BCUT2D eigenvalue weighted by atomic mass is 35.5. The van der Waals surface area contributed by atoms with Gasteiger partial charge < -0.3 is 10.6 Å². The van der Waals surface area contributed by atoms with Crippen molar-refractivity contribution in [1.29, 1.82) is 0 Å². The Bertz CT molecular complexity index is 921. The highest BCUT2D eigenvalue weighted by molar-refractivity contribution is 7.22. The molecule has 6 rings (SSSR count). The van der Waals surface area contributed by atoms with Crippen LogP contribution in [0.15, 0.2) is 18.2 Å². The van der Waals surface area contributed by atoms with Crippen LogP contribution in [-0.4, -0.2) is 23.3 Å². The molecule has 0 radical (unpaired) electrons. The second-order valence-corrected chi connectivity index (χ2v) is 10.7. The Morgan fingerprint density at radius 1 is 1.14 bits per heavy atom. The predicted molar refractivity (Wildman–Crippen MR) is 116 cm³/mol. The Kier molecular flexibility index (Phi) is 5.03. The quantitative estimate of drug-likeness (QED) is 0.632. The van der Waals surface area contributed by atoms with E-state index in [9.17, 15) is 9.59 Å². The van der Waals surface area contributed by atoms with E-state index in [-0.39, 0.29) is 17.2 Å². The number of nitrogens with one attached hydrogen (secondary N) is 2. The first-order chi connectivity index (χ1) is 14.0. The smallest absolute Gasteiger partial charge is 0.226 e. The molecule has 4 saturated carbocycles. The molecule has 4 aliphatic rings. The van der Waals surface area contributed by atoms with Gasteiger partial charge >= 0.3 is 0 Å². The Balaban J connectivity index is 1.09. The SMILES string of the molecule is O=C(CCCNC(=O)C12CC3CC(CC(C3)C1)C2)Nc1nc2ccc(Cl)cc2s1. The maximum absolute atomic E-state index is 12.9. The molecule has 154 valence electrons. The highest BCUT2D eigenvalue weighted by Gasteiger charge is 2.54. The number of anilines is 1. The summed E-state index contributed by atoms with van der Waals surface area (Å²) in [5.74, 6) is 2.46. The number of amides is 2. The van der Waals surface area contributed by atoms with Gasteiger partial charge in [-0.15, -0.1) is 0 Å². The molecule has 4 fully saturated rings. The fraction of sp³-hybridized carbons (Fsp3) is 0.591. The minimum absolute atomic E-state index is 0.0702. The maximum atomic E-state index is 12.9. The van der Waals surface area contributed by atoms with Crippen LogP contribution < -0.4 is 10.6 Å². The molecule has 1 aromatic carbocycles. The van der Waals surface area contributed by atoms with Crippen molar-refractivity contribution < 1.29 is 9.59 Å². The van der Waals surface area contributed by atoms with Crippen LogP contribution in [0.2, 0.25) is 5.02 Å². The number of thiazole rings is 1. The van der Waals surface area contributed by atoms with Crippen molar-refractivity contribution in [3.63, 3.8) is 0 Å². The van der Waals surface area contributed by atoms with Gasteiger partial charge in [-0.05, 0) is 80.9 Å². The molecule has 2 aromatic rings. The summed E-state index contributed by atoms with van der Waals surface area (Å²) in [7, 11) is 0. The lowest BCUT2D eigenvalue weighted by molar-refractivity contribution is -0.146. The van der Waals surface area contributed by atoms with Gasteiger partial charge in [0.25, 0.3) is 0 Å². The average molecular weight is 432 g/mol. The molecule has 1 heterocycles. The van der Waals surface area contributed by atoms with E-state index in [0.29, 0.717) is 29.5 Å². The van der Waals surface area contributed by atoms with Gasteiger partial charge in [0, 0.05) is 23.4 Å². The van der Waals surface area contributed by atoms with Crippen LogP contribution in [0.25, 0.3) is 10.2 Å². The van der Waals surface area contributed by atoms with E-state index in [4.69, 9.17) is 11.6 Å². The van der Waals surface area contributed by atoms with Gasteiger partial charge in [0.2, 0.25) is 11.8 Å². The molecule has 2 amide bonds. The van der Waals surface area contributed by atoms with Crippen LogP contribution >= 0.6 is 22.9 Å². The molecule has 0 atom stereocenters. The molecule has 2 N–H and O–H groups in total. The third-order valence-corrected chi connectivity index (χ3v) is 8.15. The molecule has 4 bridgehead atoms. The zero-order valence-corrected chi connectivity index (χ0v) is 18.0. The van der Waals surface area contributed by atoms with Crippen molar-refractivity contribution in [1.82, 2.24) is 10.3 Å². The summed E-state index contributed by atoms with van der Waals surface area (Å²) in [6.07, 6.45) is 8.26. The third-order valence-electron chi connectivity index (χ3n) is 6.98. The summed E-state index contributed by atoms with van der Waals surface area (Å²) in [5.41, 5.74) is 0.719. The highest BCUT2D eigenvalue weighted by Crippen LogP contribution is 2.60. The minimum atomic E-state index is -0.112. The van der Waals surface area contributed by atoms with Crippen LogP contribution in [0, 0.1) is 23.2 Å². The number of carbonyl (C=O) groups excluding carboxylic acids is 2. The predicted octanol–water partition coefficient (Wildman–Crippen LogP) is 5.00. The molecule has 0 saturated heterocycles. The monoisotopic (exact) mass is 431 g/mol. The molecular formula is C22H26ClN3O2S. The van der Waals surface area contributed by atoms with Crippen LogP contribution in [0.3, 0.4) is 0 Å². The third kappa shape index (κ3) is 3.89. The van der Waals surface area contributed by atoms with E-state index < -0.39 is 0 Å². The first kappa shape index (κ1) is 19.3. The Morgan fingerprint density at radius 3 is 2.52 bits per heavy atom. The van der Waals surface area contributed by atoms with E-state index in [0.717, 1.165) is 47.2 Å². The summed E-state index contributed by atoms with van der Waals surface area (Å²) in [5, 5.41) is 7.25. The summed E-state index contributed by atoms with van der Waals surface area (Å²) in [6.45, 7) is 0.559. The van der Waals surface area contributed by atoms with E-state index in [1.807, 2.05) is 12.1 Å². The molecular weight excluding hydrogens is 406 g/mol. The van der Waals surface area contributed by atoms with Crippen molar-refractivity contribution in [3.05, 3.63) is 23.2 Å². The van der Waals surface area contributed by atoms with Gasteiger partial charge in [-0.3, -0.25) is 9.59 Å². The number of halogens is 1. The molecule has 0 unspecified atom stereocenters. The number of rotatable bonds is 6. The van der Waals surface area contributed by atoms with Gasteiger partial charge in [-0.25, -0.2) is 4.98 Å². The second-order valence-electron chi connectivity index (χ2n) is 9.24. The van der Waals surface area contributed by atoms with Gasteiger partial charge in [0.1, 0.15) is 0 Å². The Hall–Kier alpha value is -1.66. The van der Waals surface area contributed by atoms with Crippen molar-refractivity contribution in [3.8, 4) is 0 Å². The van der Waals surface area contributed by atoms with E-state index in [1.165, 1.54) is 30.6 Å². The molecule has 1 aromatic heterocycles. The number of hydrogen-bond acceptors (Lipinski definition) is 4. The summed E-state index contributed by atoms with van der Waals surface area (Å²) in [6, 6.07) is 5.50. The van der Waals surface area contributed by atoms with Crippen molar-refractivity contribution >= 4 is 50.1 Å². The molecule has 29 heavy (non-hydrogen) atoms. The number of benzene rings is 1. The summed E-state index contributed by atoms with van der Waals surface area (Å²) < 4.78 is 0.954. The van der Waals surface area contributed by atoms with Crippen LogP contribution in [-0.2, 0) is 9.59 Å². The molecule has 5 nitrogen and oxygen atoms in total. The normalized spacial score (nSPS) is 29.9. The lowest BCUT2D eigenvalue weighted by Crippen LogP contribution is -2.53.